The molecule has 0 aliphatic rings. The molecule has 0 saturated carbocycles. The van der Waals surface area contributed by atoms with Gasteiger partial charge in [0, 0.05) is 6.07 Å². The van der Waals surface area contributed by atoms with E-state index in [1.165, 1.54) is 6.20 Å². The number of primary amides is 1. The van der Waals surface area contributed by atoms with Gasteiger partial charge in [0.15, 0.2) is 0 Å². The molecule has 1 aromatic heterocycles. The van der Waals surface area contributed by atoms with E-state index < -0.39 is 6.03 Å². The molecule has 0 aliphatic carbocycles. The molecule has 2 amide bonds. The standard InChI is InChI=1S/C8H12N4O2/c9-6-1-2-7(12-5-6)14-4-3-11-8(10)13/h1-2,5H,3-4,9H2,(H3,10,11,13). The number of hydrogen-bond acceptors (Lipinski definition) is 4. The van der Waals surface area contributed by atoms with Gasteiger partial charge in [-0.05, 0) is 6.07 Å². The van der Waals surface area contributed by atoms with E-state index in [9.17, 15) is 4.79 Å². The average molecular weight is 196 g/mol. The summed E-state index contributed by atoms with van der Waals surface area (Å²) >= 11 is 0. The van der Waals surface area contributed by atoms with Crippen LogP contribution >= 0.6 is 0 Å². The Morgan fingerprint density at radius 2 is 2.36 bits per heavy atom. The van der Waals surface area contributed by atoms with Gasteiger partial charge in [0.1, 0.15) is 6.61 Å². The van der Waals surface area contributed by atoms with E-state index in [-0.39, 0.29) is 0 Å². The quantitative estimate of drug-likeness (QED) is 0.575. The number of nitrogens with two attached hydrogens (primary N) is 2. The Bertz CT molecular complexity index is 299. The van der Waals surface area contributed by atoms with Crippen molar-refractivity contribution in [1.29, 1.82) is 0 Å². The molecule has 14 heavy (non-hydrogen) atoms. The molecule has 0 spiro atoms. The SMILES string of the molecule is NC(=O)NCCOc1ccc(N)cn1. The van der Waals surface area contributed by atoms with Crippen molar-refractivity contribution in [3.63, 3.8) is 0 Å². The van der Waals surface area contributed by atoms with E-state index in [2.05, 4.69) is 10.3 Å². The third kappa shape index (κ3) is 3.61. The molecule has 1 rings (SSSR count). The first-order valence-corrected chi connectivity index (χ1v) is 4.06. The molecule has 1 aromatic rings. The van der Waals surface area contributed by atoms with Crippen LogP contribution in [0.4, 0.5) is 10.5 Å². The van der Waals surface area contributed by atoms with Crippen molar-refractivity contribution < 1.29 is 9.53 Å². The molecule has 0 fully saturated rings. The Labute approximate surface area is 81.3 Å². The van der Waals surface area contributed by atoms with Crippen molar-refractivity contribution in [2.45, 2.75) is 0 Å². The lowest BCUT2D eigenvalue weighted by molar-refractivity contribution is 0.243. The number of hydrogen-bond donors (Lipinski definition) is 3. The van der Waals surface area contributed by atoms with Gasteiger partial charge in [-0.1, -0.05) is 0 Å². The summed E-state index contributed by atoms with van der Waals surface area (Å²) in [5.74, 6) is 0.463. The second-order valence-electron chi connectivity index (χ2n) is 2.57. The molecular weight excluding hydrogens is 184 g/mol. The summed E-state index contributed by atoms with van der Waals surface area (Å²) in [6, 6.07) is 2.77. The minimum absolute atomic E-state index is 0.319. The fraction of sp³-hybridized carbons (Fsp3) is 0.250. The predicted octanol–water partition coefficient (Wildman–Crippen LogP) is -0.289. The zero-order valence-corrected chi connectivity index (χ0v) is 7.56. The highest BCUT2D eigenvalue weighted by Crippen LogP contribution is 2.07. The van der Waals surface area contributed by atoms with Gasteiger partial charge in [-0.25, -0.2) is 9.78 Å². The molecule has 0 bridgehead atoms. The van der Waals surface area contributed by atoms with E-state index in [0.29, 0.717) is 24.7 Å². The van der Waals surface area contributed by atoms with Gasteiger partial charge in [0.25, 0.3) is 0 Å². The van der Waals surface area contributed by atoms with E-state index in [1.54, 1.807) is 12.1 Å². The highest BCUT2D eigenvalue weighted by Gasteiger charge is 1.95. The smallest absolute Gasteiger partial charge is 0.312 e. The van der Waals surface area contributed by atoms with Gasteiger partial charge >= 0.3 is 6.03 Å². The molecule has 6 heteroatoms. The maximum absolute atomic E-state index is 10.3. The molecule has 0 aliphatic heterocycles. The fourth-order valence-corrected chi connectivity index (χ4v) is 0.807. The van der Waals surface area contributed by atoms with Crippen LogP contribution in [0.1, 0.15) is 0 Å². The van der Waals surface area contributed by atoms with Crippen LogP contribution in [0, 0.1) is 0 Å². The van der Waals surface area contributed by atoms with Gasteiger partial charge in [0.05, 0.1) is 18.4 Å². The van der Waals surface area contributed by atoms with Crippen molar-refractivity contribution in [3.05, 3.63) is 18.3 Å². The number of anilines is 1. The Kier molecular flexibility index (Phi) is 3.54. The topological polar surface area (TPSA) is 103 Å². The maximum Gasteiger partial charge on any atom is 0.312 e. The molecule has 0 unspecified atom stereocenters. The number of pyridine rings is 1. The number of ether oxygens (including phenoxy) is 1. The second-order valence-corrected chi connectivity index (χ2v) is 2.57. The van der Waals surface area contributed by atoms with Crippen molar-refractivity contribution in [1.82, 2.24) is 10.3 Å². The summed E-state index contributed by atoms with van der Waals surface area (Å²) in [4.78, 5) is 14.2. The summed E-state index contributed by atoms with van der Waals surface area (Å²) in [7, 11) is 0. The highest BCUT2D eigenvalue weighted by atomic mass is 16.5. The van der Waals surface area contributed by atoms with Gasteiger partial charge in [-0.15, -0.1) is 0 Å². The van der Waals surface area contributed by atoms with E-state index in [1.807, 2.05) is 0 Å². The Morgan fingerprint density at radius 3 is 2.93 bits per heavy atom. The van der Waals surface area contributed by atoms with Crippen LogP contribution in [0.3, 0.4) is 0 Å². The van der Waals surface area contributed by atoms with Crippen LogP contribution in [-0.4, -0.2) is 24.2 Å². The van der Waals surface area contributed by atoms with Gasteiger partial charge in [-0.3, -0.25) is 0 Å². The summed E-state index contributed by atoms with van der Waals surface area (Å²) in [6.07, 6.45) is 1.50. The van der Waals surface area contributed by atoms with Crippen LogP contribution in [0.5, 0.6) is 5.88 Å². The number of urea groups is 1. The van der Waals surface area contributed by atoms with Crippen molar-refractivity contribution >= 4 is 11.7 Å². The lowest BCUT2D eigenvalue weighted by Gasteiger charge is -2.04. The number of carbonyl (C=O) groups is 1. The van der Waals surface area contributed by atoms with Crippen molar-refractivity contribution in [2.24, 2.45) is 5.73 Å². The second kappa shape index (κ2) is 4.90. The van der Waals surface area contributed by atoms with E-state index in [0.717, 1.165) is 0 Å². The van der Waals surface area contributed by atoms with Gasteiger partial charge in [-0.2, -0.15) is 0 Å². The molecule has 1 heterocycles. The molecule has 0 atom stereocenters. The Morgan fingerprint density at radius 1 is 1.57 bits per heavy atom. The summed E-state index contributed by atoms with van der Waals surface area (Å²) < 4.78 is 5.17. The Hall–Kier alpha value is -1.98. The van der Waals surface area contributed by atoms with Crippen LogP contribution in [-0.2, 0) is 0 Å². The number of carbonyl (C=O) groups excluding carboxylic acids is 1. The lowest BCUT2D eigenvalue weighted by Crippen LogP contribution is -2.32. The first-order chi connectivity index (χ1) is 6.68. The Balaban J connectivity index is 2.25. The minimum Gasteiger partial charge on any atom is -0.476 e. The monoisotopic (exact) mass is 196 g/mol. The number of amides is 2. The number of rotatable bonds is 4. The van der Waals surface area contributed by atoms with E-state index in [4.69, 9.17) is 16.2 Å². The summed E-state index contributed by atoms with van der Waals surface area (Å²) in [6.45, 7) is 0.668. The largest absolute Gasteiger partial charge is 0.476 e. The molecule has 0 saturated heterocycles. The zero-order valence-electron chi connectivity index (χ0n) is 7.56. The molecular formula is C8H12N4O2. The molecule has 0 aromatic carbocycles. The number of nitrogens with one attached hydrogen (secondary N) is 1. The van der Waals surface area contributed by atoms with Crippen LogP contribution in [0.2, 0.25) is 0 Å². The lowest BCUT2D eigenvalue weighted by atomic mass is 10.4. The third-order valence-corrected chi connectivity index (χ3v) is 1.41. The summed E-state index contributed by atoms with van der Waals surface area (Å²) in [5, 5.41) is 2.39. The molecule has 76 valence electrons. The molecule has 6 nitrogen and oxygen atoms in total. The van der Waals surface area contributed by atoms with Gasteiger partial charge in [0.2, 0.25) is 5.88 Å². The van der Waals surface area contributed by atoms with Crippen LogP contribution in [0.15, 0.2) is 18.3 Å². The maximum atomic E-state index is 10.3. The van der Waals surface area contributed by atoms with E-state index >= 15 is 0 Å². The molecule has 5 N–H and O–H groups in total. The fourth-order valence-electron chi connectivity index (χ4n) is 0.807. The molecule has 0 radical (unpaired) electrons. The van der Waals surface area contributed by atoms with Gasteiger partial charge < -0.3 is 21.5 Å². The average Bonchev–Trinajstić information content (AvgIpc) is 2.15. The number of aromatic nitrogens is 1. The predicted molar refractivity (Wildman–Crippen MR) is 51.7 cm³/mol. The first kappa shape index (κ1) is 10.1. The first-order valence-electron chi connectivity index (χ1n) is 4.06. The number of nitrogens with zero attached hydrogens (tertiary/aromatic N) is 1. The summed E-state index contributed by atoms with van der Waals surface area (Å²) in [5.41, 5.74) is 10.9. The third-order valence-electron chi connectivity index (χ3n) is 1.41. The number of nitrogen functional groups attached to an aromatic ring is 1. The van der Waals surface area contributed by atoms with Crippen LogP contribution < -0.4 is 21.5 Å². The van der Waals surface area contributed by atoms with Crippen LogP contribution in [0.25, 0.3) is 0 Å². The minimum atomic E-state index is -0.570. The zero-order chi connectivity index (χ0) is 10.4. The normalized spacial score (nSPS) is 9.43. The highest BCUT2D eigenvalue weighted by molar-refractivity contribution is 5.71. The van der Waals surface area contributed by atoms with Crippen molar-refractivity contribution in [3.8, 4) is 5.88 Å². The van der Waals surface area contributed by atoms with Crippen molar-refractivity contribution in [2.75, 3.05) is 18.9 Å².